The second-order valence-corrected chi connectivity index (χ2v) is 4.59. The Hall–Kier alpha value is -0.200. The van der Waals surface area contributed by atoms with Crippen LogP contribution in [0.1, 0.15) is 13.3 Å². The SMILES string of the molecule is CCCOCCn1ncc(Br)c(Br)c1=O. The van der Waals surface area contributed by atoms with Gasteiger partial charge in [0.05, 0.1) is 23.8 Å². The van der Waals surface area contributed by atoms with Crippen LogP contribution in [0.5, 0.6) is 0 Å². The predicted octanol–water partition coefficient (Wildman–Crippen LogP) is 2.19. The molecule has 1 heterocycles. The third kappa shape index (κ3) is 3.70. The van der Waals surface area contributed by atoms with Crippen molar-refractivity contribution in [3.63, 3.8) is 0 Å². The summed E-state index contributed by atoms with van der Waals surface area (Å²) < 4.78 is 7.82. The highest BCUT2D eigenvalue weighted by Gasteiger charge is 2.05. The number of rotatable bonds is 5. The summed E-state index contributed by atoms with van der Waals surface area (Å²) >= 11 is 6.41. The van der Waals surface area contributed by atoms with Crippen molar-refractivity contribution < 1.29 is 4.74 Å². The van der Waals surface area contributed by atoms with Crippen molar-refractivity contribution in [3.05, 3.63) is 25.5 Å². The zero-order valence-corrected chi connectivity index (χ0v) is 11.5. The van der Waals surface area contributed by atoms with Crippen LogP contribution in [-0.4, -0.2) is 23.0 Å². The van der Waals surface area contributed by atoms with Crippen molar-refractivity contribution in [2.75, 3.05) is 13.2 Å². The molecule has 0 fully saturated rings. The highest BCUT2D eigenvalue weighted by molar-refractivity contribution is 9.13. The van der Waals surface area contributed by atoms with Crippen LogP contribution >= 0.6 is 31.9 Å². The maximum atomic E-state index is 11.6. The Morgan fingerprint density at radius 2 is 2.20 bits per heavy atom. The van der Waals surface area contributed by atoms with Crippen molar-refractivity contribution in [3.8, 4) is 0 Å². The number of hydrogen-bond donors (Lipinski definition) is 0. The van der Waals surface area contributed by atoms with E-state index in [2.05, 4.69) is 37.0 Å². The molecule has 0 saturated heterocycles. The Morgan fingerprint density at radius 1 is 1.47 bits per heavy atom. The first-order valence-corrected chi connectivity index (χ1v) is 6.24. The van der Waals surface area contributed by atoms with Crippen LogP contribution in [0.4, 0.5) is 0 Å². The van der Waals surface area contributed by atoms with Gasteiger partial charge >= 0.3 is 0 Å². The molecule has 0 aliphatic carbocycles. The number of nitrogens with zero attached hydrogens (tertiary/aromatic N) is 2. The molecule has 0 bridgehead atoms. The van der Waals surface area contributed by atoms with Gasteiger partial charge in [0, 0.05) is 6.61 Å². The first-order chi connectivity index (χ1) is 7.16. The number of hydrogen-bond acceptors (Lipinski definition) is 3. The van der Waals surface area contributed by atoms with Gasteiger partial charge in [-0.2, -0.15) is 5.10 Å². The first kappa shape index (κ1) is 12.9. The zero-order valence-electron chi connectivity index (χ0n) is 8.37. The average Bonchev–Trinajstić information content (AvgIpc) is 2.24. The highest BCUT2D eigenvalue weighted by atomic mass is 79.9. The quantitative estimate of drug-likeness (QED) is 0.772. The van der Waals surface area contributed by atoms with Crippen molar-refractivity contribution in [1.82, 2.24) is 9.78 Å². The minimum atomic E-state index is -0.149. The molecule has 0 aliphatic heterocycles. The van der Waals surface area contributed by atoms with E-state index in [1.807, 2.05) is 6.92 Å². The van der Waals surface area contributed by atoms with E-state index in [-0.39, 0.29) is 5.56 Å². The highest BCUT2D eigenvalue weighted by Crippen LogP contribution is 2.16. The topological polar surface area (TPSA) is 44.1 Å². The van der Waals surface area contributed by atoms with Gasteiger partial charge in [0.25, 0.3) is 5.56 Å². The van der Waals surface area contributed by atoms with E-state index < -0.39 is 0 Å². The third-order valence-corrected chi connectivity index (χ3v) is 3.64. The molecule has 4 nitrogen and oxygen atoms in total. The summed E-state index contributed by atoms with van der Waals surface area (Å²) in [4.78, 5) is 11.6. The largest absolute Gasteiger partial charge is 0.380 e. The van der Waals surface area contributed by atoms with Gasteiger partial charge in [-0.15, -0.1) is 0 Å². The van der Waals surface area contributed by atoms with Crippen LogP contribution in [-0.2, 0) is 11.3 Å². The number of aromatic nitrogens is 2. The third-order valence-electron chi connectivity index (χ3n) is 1.74. The average molecular weight is 340 g/mol. The molecular weight excluding hydrogens is 328 g/mol. The standard InChI is InChI=1S/C9H12Br2N2O2/c1-2-4-15-5-3-13-9(14)8(11)7(10)6-12-13/h6H,2-5H2,1H3. The maximum absolute atomic E-state index is 11.6. The van der Waals surface area contributed by atoms with E-state index in [0.717, 1.165) is 6.42 Å². The molecule has 0 radical (unpaired) electrons. The van der Waals surface area contributed by atoms with E-state index >= 15 is 0 Å². The summed E-state index contributed by atoms with van der Waals surface area (Å²) in [5.41, 5.74) is -0.149. The minimum absolute atomic E-state index is 0.149. The smallest absolute Gasteiger partial charge is 0.282 e. The van der Waals surface area contributed by atoms with Crippen LogP contribution < -0.4 is 5.56 Å². The van der Waals surface area contributed by atoms with Crippen molar-refractivity contribution in [2.45, 2.75) is 19.9 Å². The lowest BCUT2D eigenvalue weighted by Gasteiger charge is -2.05. The van der Waals surface area contributed by atoms with E-state index in [1.54, 1.807) is 6.20 Å². The van der Waals surface area contributed by atoms with Gasteiger partial charge in [-0.05, 0) is 38.3 Å². The zero-order chi connectivity index (χ0) is 11.3. The number of ether oxygens (including phenoxy) is 1. The van der Waals surface area contributed by atoms with Gasteiger partial charge in [-0.3, -0.25) is 4.79 Å². The molecule has 1 rings (SSSR count). The maximum Gasteiger partial charge on any atom is 0.282 e. The lowest BCUT2D eigenvalue weighted by molar-refractivity contribution is 0.123. The molecule has 84 valence electrons. The van der Waals surface area contributed by atoms with Gasteiger partial charge in [-0.1, -0.05) is 6.92 Å². The lowest BCUT2D eigenvalue weighted by atomic mass is 10.5. The van der Waals surface area contributed by atoms with Crippen molar-refractivity contribution in [2.24, 2.45) is 0 Å². The Morgan fingerprint density at radius 3 is 2.87 bits per heavy atom. The molecule has 1 aromatic rings. The summed E-state index contributed by atoms with van der Waals surface area (Å²) in [6.07, 6.45) is 2.57. The van der Waals surface area contributed by atoms with Gasteiger partial charge in [-0.25, -0.2) is 4.68 Å². The molecule has 1 aromatic heterocycles. The van der Waals surface area contributed by atoms with Crippen LogP contribution in [0.15, 0.2) is 19.9 Å². The fourth-order valence-electron chi connectivity index (χ4n) is 1.00. The fourth-order valence-corrected chi connectivity index (χ4v) is 1.57. The van der Waals surface area contributed by atoms with Gasteiger partial charge in [0.1, 0.15) is 4.47 Å². The minimum Gasteiger partial charge on any atom is -0.380 e. The molecular formula is C9H12Br2N2O2. The fraction of sp³-hybridized carbons (Fsp3) is 0.556. The molecule has 0 unspecified atom stereocenters. The molecule has 0 atom stereocenters. The van der Waals surface area contributed by atoms with Crippen LogP contribution in [0, 0.1) is 0 Å². The molecule has 0 N–H and O–H groups in total. The molecule has 0 amide bonds. The van der Waals surface area contributed by atoms with Crippen molar-refractivity contribution >= 4 is 31.9 Å². The first-order valence-electron chi connectivity index (χ1n) is 4.65. The van der Waals surface area contributed by atoms with Gasteiger partial charge in [0.2, 0.25) is 0 Å². The molecule has 15 heavy (non-hydrogen) atoms. The Kier molecular flexibility index (Phi) is 5.49. The Labute approximate surface area is 105 Å². The Balaban J connectivity index is 2.63. The van der Waals surface area contributed by atoms with Crippen LogP contribution in [0.2, 0.25) is 0 Å². The monoisotopic (exact) mass is 338 g/mol. The summed E-state index contributed by atoms with van der Waals surface area (Å²) in [7, 11) is 0. The second-order valence-electron chi connectivity index (χ2n) is 2.95. The van der Waals surface area contributed by atoms with Gasteiger partial charge in [0.15, 0.2) is 0 Å². The lowest BCUT2D eigenvalue weighted by Crippen LogP contribution is -2.25. The number of halogens is 2. The molecule has 0 saturated carbocycles. The van der Waals surface area contributed by atoms with E-state index in [4.69, 9.17) is 4.74 Å². The second kappa shape index (κ2) is 6.40. The van der Waals surface area contributed by atoms with Crippen LogP contribution in [0.25, 0.3) is 0 Å². The normalized spacial score (nSPS) is 10.6. The van der Waals surface area contributed by atoms with E-state index in [9.17, 15) is 4.79 Å². The summed E-state index contributed by atoms with van der Waals surface area (Å²) in [6.45, 7) is 3.74. The Bertz CT molecular complexity index is 379. The predicted molar refractivity (Wildman–Crippen MR) is 65.0 cm³/mol. The summed E-state index contributed by atoms with van der Waals surface area (Å²) in [5, 5.41) is 3.98. The van der Waals surface area contributed by atoms with Crippen LogP contribution in [0.3, 0.4) is 0 Å². The molecule has 6 heteroatoms. The molecule has 0 aromatic carbocycles. The van der Waals surface area contributed by atoms with E-state index in [0.29, 0.717) is 28.7 Å². The van der Waals surface area contributed by atoms with Crippen molar-refractivity contribution in [1.29, 1.82) is 0 Å². The summed E-state index contributed by atoms with van der Waals surface area (Å²) in [5.74, 6) is 0. The van der Waals surface area contributed by atoms with Gasteiger partial charge < -0.3 is 4.74 Å². The molecule has 0 aliphatic rings. The molecule has 0 spiro atoms. The van der Waals surface area contributed by atoms with E-state index in [1.165, 1.54) is 4.68 Å². The summed E-state index contributed by atoms with van der Waals surface area (Å²) in [6, 6.07) is 0.